The van der Waals surface area contributed by atoms with E-state index in [4.69, 9.17) is 9.47 Å². The van der Waals surface area contributed by atoms with Gasteiger partial charge in [0.1, 0.15) is 5.01 Å². The Balaban J connectivity index is 1.58. The number of aryl methyl sites for hydroxylation is 1. The van der Waals surface area contributed by atoms with Gasteiger partial charge in [-0.3, -0.25) is 14.6 Å². The lowest BCUT2D eigenvalue weighted by molar-refractivity contribution is -0.141. The smallest absolute Gasteiger partial charge is 0.312 e. The van der Waals surface area contributed by atoms with Gasteiger partial charge in [-0.25, -0.2) is 4.98 Å². The van der Waals surface area contributed by atoms with Crippen LogP contribution in [0.25, 0.3) is 10.7 Å². The fraction of sp³-hybridized carbons (Fsp3) is 0.364. The van der Waals surface area contributed by atoms with Crippen molar-refractivity contribution in [2.45, 2.75) is 33.2 Å². The number of carbonyl (C=O) groups is 2. The van der Waals surface area contributed by atoms with Crippen LogP contribution in [-0.2, 0) is 20.7 Å². The van der Waals surface area contributed by atoms with E-state index in [0.717, 1.165) is 22.1 Å². The molecular weight excluding hydrogens is 402 g/mol. The molecule has 0 N–H and O–H groups in total. The van der Waals surface area contributed by atoms with Crippen molar-refractivity contribution >= 4 is 23.1 Å². The van der Waals surface area contributed by atoms with Crippen molar-refractivity contribution in [3.63, 3.8) is 0 Å². The first-order valence-corrected chi connectivity index (χ1v) is 10.5. The highest BCUT2D eigenvalue weighted by Gasteiger charge is 2.20. The average molecular weight is 428 g/mol. The number of methoxy groups -OCH3 is 1. The molecule has 0 aliphatic carbocycles. The maximum Gasteiger partial charge on any atom is 0.312 e. The van der Waals surface area contributed by atoms with Gasteiger partial charge < -0.3 is 14.0 Å². The summed E-state index contributed by atoms with van der Waals surface area (Å²) in [5.41, 5.74) is 3.74. The van der Waals surface area contributed by atoms with Crippen molar-refractivity contribution in [3.05, 3.63) is 58.5 Å². The van der Waals surface area contributed by atoms with E-state index in [-0.39, 0.29) is 24.9 Å². The number of hydrogen-bond donors (Lipinski definition) is 0. The molecule has 0 aromatic carbocycles. The maximum atomic E-state index is 12.6. The van der Waals surface area contributed by atoms with Gasteiger partial charge in [0, 0.05) is 35.6 Å². The fourth-order valence-corrected chi connectivity index (χ4v) is 4.27. The lowest BCUT2D eigenvalue weighted by Crippen LogP contribution is -2.17. The molecule has 0 fully saturated rings. The van der Waals surface area contributed by atoms with Gasteiger partial charge in [-0.1, -0.05) is 6.07 Å². The molecule has 158 valence electrons. The second-order valence-electron chi connectivity index (χ2n) is 7.08. The van der Waals surface area contributed by atoms with Crippen LogP contribution in [0.3, 0.4) is 0 Å². The molecular formula is C22H25N3O4S. The summed E-state index contributed by atoms with van der Waals surface area (Å²) < 4.78 is 12.5. The van der Waals surface area contributed by atoms with E-state index in [9.17, 15) is 9.59 Å². The highest BCUT2D eigenvalue weighted by atomic mass is 32.1. The summed E-state index contributed by atoms with van der Waals surface area (Å²) in [4.78, 5) is 33.5. The molecule has 8 heteroatoms. The molecule has 0 spiro atoms. The Kier molecular flexibility index (Phi) is 7.12. The molecule has 30 heavy (non-hydrogen) atoms. The predicted octanol–water partition coefficient (Wildman–Crippen LogP) is 3.80. The van der Waals surface area contributed by atoms with Crippen LogP contribution in [0.4, 0.5) is 0 Å². The van der Waals surface area contributed by atoms with Gasteiger partial charge in [0.15, 0.2) is 6.61 Å². The van der Waals surface area contributed by atoms with Gasteiger partial charge in [0.25, 0.3) is 0 Å². The number of rotatable bonds is 9. The Bertz CT molecular complexity index is 1030. The number of thiazole rings is 1. The lowest BCUT2D eigenvalue weighted by Gasteiger charge is -2.17. The quantitative estimate of drug-likeness (QED) is 0.382. The van der Waals surface area contributed by atoms with Crippen LogP contribution in [0.15, 0.2) is 35.8 Å². The zero-order valence-electron chi connectivity index (χ0n) is 17.5. The molecule has 0 aliphatic heterocycles. The van der Waals surface area contributed by atoms with Gasteiger partial charge in [0.2, 0.25) is 5.78 Å². The SMILES string of the molecule is COCC(C)n1c(C)cc(C(=O)COC(=O)Cc2csc(-c3ccccn3)n2)c1C. The molecule has 0 bridgehead atoms. The van der Waals surface area contributed by atoms with Crippen molar-refractivity contribution in [1.29, 1.82) is 0 Å². The van der Waals surface area contributed by atoms with Crippen molar-refractivity contribution in [3.8, 4) is 10.7 Å². The van der Waals surface area contributed by atoms with Crippen LogP contribution in [-0.4, -0.2) is 46.6 Å². The molecule has 1 unspecified atom stereocenters. The van der Waals surface area contributed by atoms with Gasteiger partial charge in [-0.05, 0) is 39.0 Å². The zero-order chi connectivity index (χ0) is 21.7. The summed E-state index contributed by atoms with van der Waals surface area (Å²) in [7, 11) is 1.65. The third-order valence-electron chi connectivity index (χ3n) is 4.76. The molecule has 0 radical (unpaired) electrons. The molecule has 0 saturated carbocycles. The predicted molar refractivity (Wildman–Crippen MR) is 115 cm³/mol. The third kappa shape index (κ3) is 5.01. The molecule has 0 amide bonds. The number of hydrogen-bond acceptors (Lipinski definition) is 7. The topological polar surface area (TPSA) is 83.3 Å². The molecule has 3 heterocycles. The summed E-state index contributed by atoms with van der Waals surface area (Å²) in [6.07, 6.45) is 1.71. The lowest BCUT2D eigenvalue weighted by atomic mass is 10.1. The highest BCUT2D eigenvalue weighted by molar-refractivity contribution is 7.13. The monoisotopic (exact) mass is 427 g/mol. The van der Waals surface area contributed by atoms with E-state index < -0.39 is 5.97 Å². The molecule has 3 rings (SSSR count). The van der Waals surface area contributed by atoms with Crippen molar-refractivity contribution in [2.75, 3.05) is 20.3 Å². The second kappa shape index (κ2) is 9.77. The first-order chi connectivity index (χ1) is 14.4. The minimum absolute atomic E-state index is 0.0144. The minimum atomic E-state index is -0.484. The van der Waals surface area contributed by atoms with E-state index in [1.165, 1.54) is 11.3 Å². The summed E-state index contributed by atoms with van der Waals surface area (Å²) in [6, 6.07) is 7.52. The summed E-state index contributed by atoms with van der Waals surface area (Å²) in [6.45, 7) is 6.13. The van der Waals surface area contributed by atoms with Crippen LogP contribution in [0.5, 0.6) is 0 Å². The van der Waals surface area contributed by atoms with E-state index in [0.29, 0.717) is 17.9 Å². The Labute approximate surface area is 179 Å². The Hall–Kier alpha value is -2.84. The highest BCUT2D eigenvalue weighted by Crippen LogP contribution is 2.23. The van der Waals surface area contributed by atoms with E-state index in [2.05, 4.69) is 14.5 Å². The number of aromatic nitrogens is 3. The molecule has 0 saturated heterocycles. The number of Topliss-reactive ketones (excluding diaryl/α,β-unsaturated/α-hetero) is 1. The second-order valence-corrected chi connectivity index (χ2v) is 7.94. The number of ether oxygens (including phenoxy) is 2. The molecule has 7 nitrogen and oxygen atoms in total. The van der Waals surface area contributed by atoms with Crippen LogP contribution < -0.4 is 0 Å². The standard InChI is InChI=1S/C22H25N3O4S/c1-14-9-18(16(3)25(14)15(2)11-28-4)20(26)12-29-21(27)10-17-13-30-22(24-17)19-7-5-6-8-23-19/h5-9,13,15H,10-12H2,1-4H3. The third-order valence-corrected chi connectivity index (χ3v) is 5.67. The number of carbonyl (C=O) groups excluding carboxylic acids is 2. The van der Waals surface area contributed by atoms with Gasteiger partial charge in [-0.2, -0.15) is 0 Å². The first-order valence-electron chi connectivity index (χ1n) is 9.62. The number of nitrogens with zero attached hydrogens (tertiary/aromatic N) is 3. The van der Waals surface area contributed by atoms with Crippen LogP contribution in [0.2, 0.25) is 0 Å². The van der Waals surface area contributed by atoms with Gasteiger partial charge >= 0.3 is 5.97 Å². The maximum absolute atomic E-state index is 12.6. The summed E-state index contributed by atoms with van der Waals surface area (Å²) in [5, 5.41) is 2.55. The largest absolute Gasteiger partial charge is 0.457 e. The van der Waals surface area contributed by atoms with Crippen LogP contribution in [0, 0.1) is 13.8 Å². The summed E-state index contributed by atoms with van der Waals surface area (Å²) in [5.74, 6) is -0.706. The van der Waals surface area contributed by atoms with Crippen LogP contribution in [0.1, 0.15) is 40.4 Å². The van der Waals surface area contributed by atoms with Gasteiger partial charge in [-0.15, -0.1) is 11.3 Å². The molecule has 3 aromatic rings. The first kappa shape index (κ1) is 21.9. The van der Waals surface area contributed by atoms with Crippen molar-refractivity contribution < 1.29 is 19.1 Å². The van der Waals surface area contributed by atoms with Gasteiger partial charge in [0.05, 0.1) is 30.5 Å². The number of esters is 1. The fourth-order valence-electron chi connectivity index (χ4n) is 3.47. The number of ketones is 1. The van der Waals surface area contributed by atoms with Crippen molar-refractivity contribution in [1.82, 2.24) is 14.5 Å². The number of pyridine rings is 1. The Morgan fingerprint density at radius 2 is 2.07 bits per heavy atom. The normalized spacial score (nSPS) is 12.0. The molecule has 1 atom stereocenters. The van der Waals surface area contributed by atoms with Crippen molar-refractivity contribution in [2.24, 2.45) is 0 Å². The zero-order valence-corrected chi connectivity index (χ0v) is 18.4. The Morgan fingerprint density at radius 3 is 2.77 bits per heavy atom. The average Bonchev–Trinajstić information content (AvgIpc) is 3.31. The van der Waals surface area contributed by atoms with E-state index in [1.54, 1.807) is 18.7 Å². The minimum Gasteiger partial charge on any atom is -0.457 e. The molecule has 3 aromatic heterocycles. The van der Waals surface area contributed by atoms with Crippen LogP contribution >= 0.6 is 11.3 Å². The van der Waals surface area contributed by atoms with E-state index >= 15 is 0 Å². The molecule has 0 aliphatic rings. The summed E-state index contributed by atoms with van der Waals surface area (Å²) >= 11 is 1.42. The van der Waals surface area contributed by atoms with E-state index in [1.807, 2.05) is 45.0 Å². The Morgan fingerprint density at radius 1 is 1.27 bits per heavy atom.